The van der Waals surface area contributed by atoms with Crippen LogP contribution < -0.4 is 0 Å². The van der Waals surface area contributed by atoms with Gasteiger partial charge in [0.1, 0.15) is 6.61 Å². The van der Waals surface area contributed by atoms with Gasteiger partial charge in [0.15, 0.2) is 0 Å². The molecule has 126 valence electrons. The summed E-state index contributed by atoms with van der Waals surface area (Å²) >= 11 is 0. The van der Waals surface area contributed by atoms with E-state index in [2.05, 4.69) is 4.74 Å². The van der Waals surface area contributed by atoms with Crippen molar-refractivity contribution in [2.45, 2.75) is 13.0 Å². The Hall–Kier alpha value is -1.98. The fourth-order valence-corrected chi connectivity index (χ4v) is 2.07. The second-order valence-electron chi connectivity index (χ2n) is 4.84. The zero-order valence-electron chi connectivity index (χ0n) is 13.1. The van der Waals surface area contributed by atoms with Crippen LogP contribution in [0, 0.1) is 5.92 Å². The van der Waals surface area contributed by atoms with E-state index >= 15 is 0 Å². The number of rotatable bonds is 9. The van der Waals surface area contributed by atoms with Crippen LogP contribution in [-0.4, -0.2) is 44.3 Å². The van der Waals surface area contributed by atoms with Crippen molar-refractivity contribution in [2.75, 3.05) is 27.3 Å². The van der Waals surface area contributed by atoms with Crippen LogP contribution in [0.5, 0.6) is 0 Å². The minimum Gasteiger partial charge on any atom is -0.469 e. The number of benzene rings is 1. The van der Waals surface area contributed by atoms with Gasteiger partial charge in [-0.05, 0) is 12.0 Å². The predicted molar refractivity (Wildman–Crippen MR) is 82.9 cm³/mol. The van der Waals surface area contributed by atoms with Crippen LogP contribution in [0.15, 0.2) is 30.3 Å². The van der Waals surface area contributed by atoms with Crippen LogP contribution in [0.1, 0.15) is 12.0 Å². The Morgan fingerprint density at radius 3 is 2.57 bits per heavy atom. The van der Waals surface area contributed by atoms with Gasteiger partial charge in [-0.1, -0.05) is 30.3 Å². The first kappa shape index (κ1) is 19.1. The van der Waals surface area contributed by atoms with Crippen molar-refractivity contribution in [3.05, 3.63) is 35.9 Å². The van der Waals surface area contributed by atoms with E-state index in [-0.39, 0.29) is 19.8 Å². The molecule has 0 saturated heterocycles. The van der Waals surface area contributed by atoms with E-state index in [1.54, 1.807) is 7.05 Å². The molecule has 0 fully saturated rings. The maximum atomic E-state index is 11.9. The van der Waals surface area contributed by atoms with Gasteiger partial charge in [-0.2, -0.15) is 0 Å². The molecule has 1 atom stereocenters. The van der Waals surface area contributed by atoms with E-state index in [9.17, 15) is 14.2 Å². The normalized spacial score (nSPS) is 11.7. The van der Waals surface area contributed by atoms with Crippen LogP contribution in [0.4, 0.5) is 4.79 Å². The smallest absolute Gasteiger partial charge is 0.409 e. The standard InChI is InChI=1S/C15H20NO6P/c1-16(9-8-13(11-22-23-19)14(17)20-2)15(18)21-10-12-6-4-3-5-7-12/h3-7,13H,8-11H2,1-2H3. The van der Waals surface area contributed by atoms with E-state index in [1.165, 1.54) is 12.0 Å². The quantitative estimate of drug-likeness (QED) is 0.507. The third-order valence-electron chi connectivity index (χ3n) is 3.19. The van der Waals surface area contributed by atoms with Crippen LogP contribution >= 0.6 is 8.69 Å². The molecule has 0 radical (unpaired) electrons. The number of hydrogen-bond donors (Lipinski definition) is 0. The Morgan fingerprint density at radius 1 is 1.26 bits per heavy atom. The Bertz CT molecular complexity index is 510. The van der Waals surface area contributed by atoms with Crippen LogP contribution in [-0.2, 0) is 30.0 Å². The van der Waals surface area contributed by atoms with Crippen molar-refractivity contribution in [1.29, 1.82) is 0 Å². The Labute approximate surface area is 136 Å². The van der Waals surface area contributed by atoms with Gasteiger partial charge in [0.25, 0.3) is 0 Å². The first-order chi connectivity index (χ1) is 11.1. The van der Waals surface area contributed by atoms with Crippen molar-refractivity contribution in [2.24, 2.45) is 5.92 Å². The summed E-state index contributed by atoms with van der Waals surface area (Å²) in [6.45, 7) is 0.430. The number of amides is 1. The topological polar surface area (TPSA) is 82.1 Å². The number of carbonyl (C=O) groups excluding carboxylic acids is 2. The molecule has 1 aromatic rings. The number of methoxy groups -OCH3 is 1. The summed E-state index contributed by atoms with van der Waals surface area (Å²) in [7, 11) is 2.34. The highest BCUT2D eigenvalue weighted by molar-refractivity contribution is 7.17. The maximum Gasteiger partial charge on any atom is 0.409 e. The second-order valence-corrected chi connectivity index (χ2v) is 5.25. The second kappa shape index (κ2) is 10.7. The summed E-state index contributed by atoms with van der Waals surface area (Å²) in [5, 5.41) is 0. The third-order valence-corrected chi connectivity index (χ3v) is 3.45. The molecule has 7 nitrogen and oxygen atoms in total. The van der Waals surface area contributed by atoms with Crippen LogP contribution in [0.25, 0.3) is 0 Å². The third kappa shape index (κ3) is 7.21. The maximum absolute atomic E-state index is 11.9. The number of hydrogen-bond acceptors (Lipinski definition) is 6. The van der Waals surface area contributed by atoms with Crippen LogP contribution in [0.2, 0.25) is 0 Å². The monoisotopic (exact) mass is 341 g/mol. The fourth-order valence-electron chi connectivity index (χ4n) is 1.83. The van der Waals surface area contributed by atoms with E-state index in [0.29, 0.717) is 6.42 Å². The van der Waals surface area contributed by atoms with E-state index in [1.807, 2.05) is 30.3 Å². The molecule has 1 rings (SSSR count). The molecular formula is C15H20NO6P. The highest BCUT2D eigenvalue weighted by atomic mass is 31.1. The van der Waals surface area contributed by atoms with Crippen molar-refractivity contribution < 1.29 is 28.2 Å². The van der Waals surface area contributed by atoms with Gasteiger partial charge < -0.3 is 14.4 Å². The molecule has 0 heterocycles. The van der Waals surface area contributed by atoms with E-state index < -0.39 is 26.7 Å². The SMILES string of the molecule is COC(=O)C(CCN(C)C(=O)OCc1ccccc1)COP=O. The molecule has 0 aliphatic carbocycles. The summed E-state index contributed by atoms with van der Waals surface area (Å²) in [6, 6.07) is 9.33. The molecule has 0 saturated carbocycles. The molecule has 0 spiro atoms. The lowest BCUT2D eigenvalue weighted by molar-refractivity contribution is -0.146. The van der Waals surface area contributed by atoms with Gasteiger partial charge >= 0.3 is 20.7 Å². The van der Waals surface area contributed by atoms with Crippen molar-refractivity contribution in [3.63, 3.8) is 0 Å². The highest BCUT2D eigenvalue weighted by Gasteiger charge is 2.21. The molecular weight excluding hydrogens is 321 g/mol. The molecule has 0 aromatic heterocycles. The average molecular weight is 341 g/mol. The first-order valence-electron chi connectivity index (χ1n) is 7.02. The molecule has 0 aliphatic rings. The molecule has 0 bridgehead atoms. The fraction of sp³-hybridized carbons (Fsp3) is 0.467. The summed E-state index contributed by atoms with van der Waals surface area (Å²) in [6.07, 6.45) is -0.167. The molecule has 1 unspecified atom stereocenters. The molecule has 1 amide bonds. The van der Waals surface area contributed by atoms with Crippen LogP contribution in [0.3, 0.4) is 0 Å². The molecule has 0 N–H and O–H groups in total. The molecule has 0 aliphatic heterocycles. The minimum absolute atomic E-state index is 0.0371. The van der Waals surface area contributed by atoms with E-state index in [4.69, 9.17) is 9.26 Å². The molecule has 8 heteroatoms. The highest BCUT2D eigenvalue weighted by Crippen LogP contribution is 2.11. The van der Waals surface area contributed by atoms with Crippen molar-refractivity contribution >= 4 is 20.7 Å². The van der Waals surface area contributed by atoms with Gasteiger partial charge in [0.2, 0.25) is 0 Å². The zero-order chi connectivity index (χ0) is 17.1. The van der Waals surface area contributed by atoms with Gasteiger partial charge in [0, 0.05) is 13.6 Å². The Kier molecular flexibility index (Phi) is 8.87. The number of esters is 1. The molecule has 23 heavy (non-hydrogen) atoms. The Balaban J connectivity index is 2.40. The summed E-state index contributed by atoms with van der Waals surface area (Å²) in [5.41, 5.74) is 0.893. The average Bonchev–Trinajstić information content (AvgIpc) is 2.59. The Morgan fingerprint density at radius 2 is 1.96 bits per heavy atom. The number of ether oxygens (including phenoxy) is 2. The first-order valence-corrected chi connectivity index (χ1v) is 7.75. The number of nitrogens with zero attached hydrogens (tertiary/aromatic N) is 1. The van der Waals surface area contributed by atoms with Gasteiger partial charge in [0.05, 0.1) is 19.6 Å². The largest absolute Gasteiger partial charge is 0.469 e. The van der Waals surface area contributed by atoms with Crippen molar-refractivity contribution in [1.82, 2.24) is 4.90 Å². The van der Waals surface area contributed by atoms with Gasteiger partial charge in [-0.3, -0.25) is 9.32 Å². The predicted octanol–water partition coefficient (Wildman–Crippen LogP) is 2.66. The minimum atomic E-state index is -0.592. The zero-order valence-corrected chi connectivity index (χ0v) is 14.0. The number of carbonyl (C=O) groups is 2. The van der Waals surface area contributed by atoms with Gasteiger partial charge in [-0.15, -0.1) is 0 Å². The summed E-state index contributed by atoms with van der Waals surface area (Å²) in [4.78, 5) is 24.8. The van der Waals surface area contributed by atoms with Gasteiger partial charge in [-0.25, -0.2) is 9.36 Å². The lowest BCUT2D eigenvalue weighted by Crippen LogP contribution is -2.32. The summed E-state index contributed by atoms with van der Waals surface area (Å²) < 4.78 is 24.8. The molecule has 1 aromatic carbocycles. The van der Waals surface area contributed by atoms with E-state index in [0.717, 1.165) is 5.56 Å². The lowest BCUT2D eigenvalue weighted by atomic mass is 10.1. The summed E-state index contributed by atoms with van der Waals surface area (Å²) in [5.74, 6) is -1.06. The lowest BCUT2D eigenvalue weighted by Gasteiger charge is -2.19. The van der Waals surface area contributed by atoms with Crippen molar-refractivity contribution in [3.8, 4) is 0 Å².